The zero-order chi connectivity index (χ0) is 15.6. The second-order valence-electron chi connectivity index (χ2n) is 5.67. The number of hydrogen-bond donors (Lipinski definition) is 1. The molecule has 2 aromatic rings. The van der Waals surface area contributed by atoms with E-state index in [4.69, 9.17) is 0 Å². The molecule has 0 bridgehead atoms. The van der Waals surface area contributed by atoms with Crippen LogP contribution in [0.2, 0.25) is 0 Å². The van der Waals surface area contributed by atoms with Crippen molar-refractivity contribution in [1.82, 2.24) is 4.57 Å². The first kappa shape index (κ1) is 15.3. The predicted octanol–water partition coefficient (Wildman–Crippen LogP) is 4.08. The average molecular weight is 287 g/mol. The summed E-state index contributed by atoms with van der Waals surface area (Å²) in [6.45, 7) is 6.84. The highest BCUT2D eigenvalue weighted by atomic mass is 16.4. The Morgan fingerprint density at radius 3 is 2.62 bits per heavy atom. The summed E-state index contributed by atoms with van der Waals surface area (Å²) in [4.78, 5) is 22.9. The quantitative estimate of drug-likeness (QED) is 0.814. The van der Waals surface area contributed by atoms with Gasteiger partial charge in [-0.3, -0.25) is 4.79 Å². The highest BCUT2D eigenvalue weighted by Gasteiger charge is 2.18. The van der Waals surface area contributed by atoms with Gasteiger partial charge in [-0.2, -0.15) is 0 Å². The van der Waals surface area contributed by atoms with Crippen LogP contribution in [0.1, 0.15) is 65.8 Å². The highest BCUT2D eigenvalue weighted by Crippen LogP contribution is 2.29. The third kappa shape index (κ3) is 2.84. The zero-order valence-electron chi connectivity index (χ0n) is 12.7. The fourth-order valence-electron chi connectivity index (χ4n) is 2.58. The minimum absolute atomic E-state index is 0.214. The van der Waals surface area contributed by atoms with Gasteiger partial charge in [-0.25, -0.2) is 4.79 Å². The molecule has 1 aromatic carbocycles. The Balaban J connectivity index is 2.77. The molecule has 1 aromatic heterocycles. The number of carboxylic acids is 1. The van der Waals surface area contributed by atoms with E-state index in [0.717, 1.165) is 36.6 Å². The molecule has 4 heteroatoms. The topological polar surface area (TPSA) is 59.3 Å². The second-order valence-corrected chi connectivity index (χ2v) is 5.67. The van der Waals surface area contributed by atoms with Crippen LogP contribution in [0.5, 0.6) is 0 Å². The molecule has 0 radical (unpaired) electrons. The standard InChI is InChI=1S/C17H21NO3/c1-4-5-6-18-9-13(10-19)14-7-12(11(2)3)8-15(16(14)18)17(20)21/h7-11H,4-6H2,1-3H3,(H,20,21). The molecule has 0 aliphatic rings. The molecule has 0 spiro atoms. The molecule has 0 unspecified atom stereocenters. The van der Waals surface area contributed by atoms with Crippen molar-refractivity contribution < 1.29 is 14.7 Å². The molecule has 0 amide bonds. The van der Waals surface area contributed by atoms with Gasteiger partial charge in [0.2, 0.25) is 0 Å². The number of carbonyl (C=O) groups is 2. The van der Waals surface area contributed by atoms with Gasteiger partial charge in [-0.1, -0.05) is 27.2 Å². The van der Waals surface area contributed by atoms with E-state index in [9.17, 15) is 14.7 Å². The smallest absolute Gasteiger partial charge is 0.337 e. The fourth-order valence-corrected chi connectivity index (χ4v) is 2.58. The summed E-state index contributed by atoms with van der Waals surface area (Å²) >= 11 is 0. The maximum absolute atomic E-state index is 11.6. The lowest BCUT2D eigenvalue weighted by Crippen LogP contribution is -2.05. The van der Waals surface area contributed by atoms with E-state index in [2.05, 4.69) is 6.92 Å². The third-order valence-electron chi connectivity index (χ3n) is 3.80. The molecule has 2 rings (SSSR count). The number of aldehydes is 1. The lowest BCUT2D eigenvalue weighted by molar-refractivity contribution is 0.0698. The first-order valence-corrected chi connectivity index (χ1v) is 7.34. The number of aryl methyl sites for hydroxylation is 1. The number of benzene rings is 1. The Hall–Kier alpha value is -2.10. The number of unbranched alkanes of at least 4 members (excludes halogenated alkanes) is 1. The van der Waals surface area contributed by atoms with Gasteiger partial charge in [0.25, 0.3) is 0 Å². The Morgan fingerprint density at radius 2 is 2.10 bits per heavy atom. The summed E-state index contributed by atoms with van der Waals surface area (Å²) < 4.78 is 1.90. The largest absolute Gasteiger partial charge is 0.478 e. The van der Waals surface area contributed by atoms with Crippen molar-refractivity contribution in [2.45, 2.75) is 46.1 Å². The number of fused-ring (bicyclic) bond motifs is 1. The van der Waals surface area contributed by atoms with Crippen LogP contribution in [-0.4, -0.2) is 21.9 Å². The Bertz CT molecular complexity index is 683. The predicted molar refractivity (Wildman–Crippen MR) is 83.3 cm³/mol. The molecule has 4 nitrogen and oxygen atoms in total. The van der Waals surface area contributed by atoms with Gasteiger partial charge in [0, 0.05) is 23.7 Å². The maximum Gasteiger partial charge on any atom is 0.337 e. The first-order chi connectivity index (χ1) is 9.99. The van der Waals surface area contributed by atoms with Crippen molar-refractivity contribution in [3.8, 4) is 0 Å². The second kappa shape index (κ2) is 6.12. The number of nitrogens with zero attached hydrogens (tertiary/aromatic N) is 1. The van der Waals surface area contributed by atoms with E-state index in [1.807, 2.05) is 24.5 Å². The molecule has 1 heterocycles. The molecule has 0 saturated heterocycles. The monoisotopic (exact) mass is 287 g/mol. The van der Waals surface area contributed by atoms with Gasteiger partial charge in [-0.05, 0) is 30.0 Å². The number of carboxylic acid groups (broad SMARTS) is 1. The molecule has 0 saturated carbocycles. The molecular weight excluding hydrogens is 266 g/mol. The van der Waals surface area contributed by atoms with Crippen LogP contribution in [0.4, 0.5) is 0 Å². The van der Waals surface area contributed by atoms with Gasteiger partial charge in [0.1, 0.15) is 0 Å². The van der Waals surface area contributed by atoms with Gasteiger partial charge in [0.05, 0.1) is 11.1 Å². The first-order valence-electron chi connectivity index (χ1n) is 7.34. The van der Waals surface area contributed by atoms with Crippen molar-refractivity contribution in [1.29, 1.82) is 0 Å². The lowest BCUT2D eigenvalue weighted by Gasteiger charge is -2.11. The molecule has 21 heavy (non-hydrogen) atoms. The fraction of sp³-hybridized carbons (Fsp3) is 0.412. The number of rotatable bonds is 6. The number of aromatic carboxylic acids is 1. The van der Waals surface area contributed by atoms with Gasteiger partial charge in [-0.15, -0.1) is 0 Å². The van der Waals surface area contributed by atoms with Crippen LogP contribution in [0.25, 0.3) is 10.9 Å². The van der Waals surface area contributed by atoms with E-state index in [0.29, 0.717) is 11.1 Å². The zero-order valence-corrected chi connectivity index (χ0v) is 12.7. The summed E-state index contributed by atoms with van der Waals surface area (Å²) in [6.07, 6.45) is 4.54. The maximum atomic E-state index is 11.6. The highest BCUT2D eigenvalue weighted by molar-refractivity contribution is 6.08. The van der Waals surface area contributed by atoms with Gasteiger partial charge >= 0.3 is 5.97 Å². The van der Waals surface area contributed by atoms with Gasteiger partial charge < -0.3 is 9.67 Å². The van der Waals surface area contributed by atoms with E-state index in [1.165, 1.54) is 0 Å². The normalized spacial score (nSPS) is 11.2. The molecule has 0 aliphatic carbocycles. The summed E-state index contributed by atoms with van der Waals surface area (Å²) in [5, 5.41) is 10.3. The Morgan fingerprint density at radius 1 is 1.38 bits per heavy atom. The molecular formula is C17H21NO3. The minimum atomic E-state index is -0.948. The van der Waals surface area contributed by atoms with Crippen LogP contribution in [0.3, 0.4) is 0 Å². The molecule has 0 fully saturated rings. The lowest BCUT2D eigenvalue weighted by atomic mass is 9.97. The minimum Gasteiger partial charge on any atom is -0.478 e. The summed E-state index contributed by atoms with van der Waals surface area (Å²) in [5.74, 6) is -0.734. The molecule has 112 valence electrons. The van der Waals surface area contributed by atoms with E-state index < -0.39 is 5.97 Å². The van der Waals surface area contributed by atoms with Crippen molar-refractivity contribution >= 4 is 23.2 Å². The SMILES string of the molecule is CCCCn1cc(C=O)c2cc(C(C)C)cc(C(=O)O)c21. The van der Waals surface area contributed by atoms with Crippen molar-refractivity contribution in [2.24, 2.45) is 0 Å². The van der Waals surface area contributed by atoms with Crippen LogP contribution >= 0.6 is 0 Å². The average Bonchev–Trinajstić information content (AvgIpc) is 2.81. The van der Waals surface area contributed by atoms with Crippen LogP contribution < -0.4 is 0 Å². The number of aromatic nitrogens is 1. The summed E-state index contributed by atoms with van der Waals surface area (Å²) in [6, 6.07) is 3.67. The van der Waals surface area contributed by atoms with E-state index >= 15 is 0 Å². The summed E-state index contributed by atoms with van der Waals surface area (Å²) in [5.41, 5.74) is 2.44. The van der Waals surface area contributed by atoms with E-state index in [1.54, 1.807) is 12.3 Å². The van der Waals surface area contributed by atoms with Crippen molar-refractivity contribution in [2.75, 3.05) is 0 Å². The van der Waals surface area contributed by atoms with Gasteiger partial charge in [0.15, 0.2) is 6.29 Å². The van der Waals surface area contributed by atoms with E-state index in [-0.39, 0.29) is 11.5 Å². The van der Waals surface area contributed by atoms with Crippen molar-refractivity contribution in [3.63, 3.8) is 0 Å². The van der Waals surface area contributed by atoms with Crippen LogP contribution in [0, 0.1) is 0 Å². The van der Waals surface area contributed by atoms with Crippen LogP contribution in [-0.2, 0) is 6.54 Å². The Kier molecular flexibility index (Phi) is 4.46. The number of carbonyl (C=O) groups excluding carboxylic acids is 1. The van der Waals surface area contributed by atoms with Crippen LogP contribution in [0.15, 0.2) is 18.3 Å². The summed E-state index contributed by atoms with van der Waals surface area (Å²) in [7, 11) is 0. The molecule has 0 aliphatic heterocycles. The van der Waals surface area contributed by atoms with Crippen molar-refractivity contribution in [3.05, 3.63) is 35.0 Å². The molecule has 1 N–H and O–H groups in total. The Labute approximate surface area is 124 Å². The molecule has 0 atom stereocenters. The third-order valence-corrected chi connectivity index (χ3v) is 3.80. The number of hydrogen-bond acceptors (Lipinski definition) is 2.